The monoisotopic (exact) mass is 354 g/mol. The van der Waals surface area contributed by atoms with Gasteiger partial charge in [-0.2, -0.15) is 0 Å². The second kappa shape index (κ2) is 8.48. The molecule has 2 rings (SSSR count). The Bertz CT molecular complexity index is 660. The summed E-state index contributed by atoms with van der Waals surface area (Å²) < 4.78 is 29.3. The lowest BCUT2D eigenvalue weighted by Crippen LogP contribution is -2.34. The molecular formula is C17H26N2O4S. The molecule has 2 N–H and O–H groups in total. The van der Waals surface area contributed by atoms with Crippen molar-refractivity contribution < 1.29 is 17.9 Å². The quantitative estimate of drug-likeness (QED) is 0.769. The number of amides is 2. The first-order valence-electron chi connectivity index (χ1n) is 8.33. The van der Waals surface area contributed by atoms with Gasteiger partial charge in [-0.1, -0.05) is 31.9 Å². The third kappa shape index (κ3) is 5.49. The fourth-order valence-electron chi connectivity index (χ4n) is 2.96. The highest BCUT2D eigenvalue weighted by atomic mass is 32.2. The summed E-state index contributed by atoms with van der Waals surface area (Å²) in [6.07, 6.45) is 6.13. The van der Waals surface area contributed by atoms with E-state index in [2.05, 4.69) is 17.6 Å². The van der Waals surface area contributed by atoms with Crippen LogP contribution in [0.5, 0.6) is 0 Å². The molecule has 6 nitrogen and oxygen atoms in total. The molecule has 1 saturated carbocycles. The van der Waals surface area contributed by atoms with Gasteiger partial charge in [-0.15, -0.1) is 0 Å². The molecular weight excluding hydrogens is 328 g/mol. The van der Waals surface area contributed by atoms with Crippen molar-refractivity contribution in [3.05, 3.63) is 24.3 Å². The highest BCUT2D eigenvalue weighted by Gasteiger charge is 2.21. The molecule has 0 radical (unpaired) electrons. The summed E-state index contributed by atoms with van der Waals surface area (Å²) >= 11 is 0. The lowest BCUT2D eigenvalue weighted by atomic mass is 9.88. The van der Waals surface area contributed by atoms with Gasteiger partial charge >= 0.3 is 6.03 Å². The van der Waals surface area contributed by atoms with Crippen LogP contribution >= 0.6 is 0 Å². The van der Waals surface area contributed by atoms with Crippen LogP contribution in [0.25, 0.3) is 0 Å². The van der Waals surface area contributed by atoms with Crippen molar-refractivity contribution in [2.75, 3.05) is 24.7 Å². The summed E-state index contributed by atoms with van der Waals surface area (Å²) in [5.41, 5.74) is 0.277. The number of sulfone groups is 1. The maximum Gasteiger partial charge on any atom is 0.319 e. The Kier molecular flexibility index (Phi) is 6.62. The van der Waals surface area contributed by atoms with Gasteiger partial charge in [0.25, 0.3) is 0 Å². The van der Waals surface area contributed by atoms with Gasteiger partial charge < -0.3 is 15.4 Å². The van der Waals surface area contributed by atoms with Crippen molar-refractivity contribution in [2.24, 2.45) is 5.92 Å². The Morgan fingerprint density at radius 1 is 1.25 bits per heavy atom. The first-order valence-corrected chi connectivity index (χ1v) is 10.2. The number of anilines is 1. The van der Waals surface area contributed by atoms with Crippen LogP contribution in [-0.4, -0.2) is 40.0 Å². The maximum atomic E-state index is 11.9. The molecule has 0 saturated heterocycles. The molecule has 0 aromatic heterocycles. The summed E-state index contributed by atoms with van der Waals surface area (Å²) in [7, 11) is -3.39. The molecule has 2 amide bonds. The largest absolute Gasteiger partial charge is 0.376 e. The van der Waals surface area contributed by atoms with E-state index in [4.69, 9.17) is 4.74 Å². The second-order valence-electron chi connectivity index (χ2n) is 6.32. The molecule has 1 aromatic rings. The predicted molar refractivity (Wildman–Crippen MR) is 93.9 cm³/mol. The van der Waals surface area contributed by atoms with Gasteiger partial charge in [0.1, 0.15) is 0 Å². The predicted octanol–water partition coefficient (Wildman–Crippen LogP) is 2.81. The molecule has 2 atom stereocenters. The third-order valence-corrected chi connectivity index (χ3v) is 5.44. The number of carbonyl (C=O) groups excluding carboxylic acids is 1. The van der Waals surface area contributed by atoms with E-state index in [1.807, 2.05) is 0 Å². The zero-order chi connectivity index (χ0) is 17.6. The van der Waals surface area contributed by atoms with Crippen LogP contribution < -0.4 is 10.6 Å². The molecule has 0 unspecified atom stereocenters. The molecule has 1 aliphatic rings. The third-order valence-electron chi connectivity index (χ3n) is 4.29. The van der Waals surface area contributed by atoms with E-state index in [-0.39, 0.29) is 16.7 Å². The molecule has 1 aliphatic carbocycles. The minimum atomic E-state index is -3.39. The van der Waals surface area contributed by atoms with E-state index in [9.17, 15) is 13.2 Å². The van der Waals surface area contributed by atoms with Crippen LogP contribution in [0.4, 0.5) is 10.5 Å². The van der Waals surface area contributed by atoms with Crippen LogP contribution in [-0.2, 0) is 14.6 Å². The minimum Gasteiger partial charge on any atom is -0.376 e. The summed E-state index contributed by atoms with van der Waals surface area (Å²) in [6, 6.07) is 5.90. The molecule has 24 heavy (non-hydrogen) atoms. The van der Waals surface area contributed by atoms with Gasteiger partial charge in [0.15, 0.2) is 9.84 Å². The van der Waals surface area contributed by atoms with Crippen LogP contribution in [0.2, 0.25) is 0 Å². The summed E-state index contributed by atoms with van der Waals surface area (Å²) in [4.78, 5) is 12.0. The number of carbonyl (C=O) groups is 1. The van der Waals surface area contributed by atoms with Crippen molar-refractivity contribution >= 4 is 21.6 Å². The number of nitrogens with one attached hydrogen (secondary N) is 2. The molecule has 0 spiro atoms. The van der Waals surface area contributed by atoms with Crippen LogP contribution in [0.3, 0.4) is 0 Å². The van der Waals surface area contributed by atoms with Gasteiger partial charge in [-0.25, -0.2) is 13.2 Å². The number of benzene rings is 1. The summed E-state index contributed by atoms with van der Waals surface area (Å²) in [6.45, 7) is 3.04. The van der Waals surface area contributed by atoms with Gasteiger partial charge in [0.05, 0.1) is 23.3 Å². The van der Waals surface area contributed by atoms with Crippen LogP contribution in [0, 0.1) is 5.92 Å². The smallest absolute Gasteiger partial charge is 0.319 e. The van der Waals surface area contributed by atoms with Gasteiger partial charge in [0, 0.05) is 12.8 Å². The summed E-state index contributed by atoms with van der Waals surface area (Å²) in [5.74, 6) is 0.564. The average Bonchev–Trinajstić information content (AvgIpc) is 2.52. The molecule has 7 heteroatoms. The normalized spacial score (nSPS) is 21.2. The molecule has 1 fully saturated rings. The average molecular weight is 354 g/mol. The van der Waals surface area contributed by atoms with Crippen LogP contribution in [0.15, 0.2) is 29.2 Å². The van der Waals surface area contributed by atoms with Gasteiger partial charge in [-0.3, -0.25) is 0 Å². The molecule has 1 aromatic carbocycles. The van der Waals surface area contributed by atoms with Gasteiger partial charge in [0.2, 0.25) is 0 Å². The highest BCUT2D eigenvalue weighted by molar-refractivity contribution is 7.90. The topological polar surface area (TPSA) is 84.5 Å². The Labute approximate surface area is 143 Å². The Morgan fingerprint density at radius 3 is 2.67 bits per heavy atom. The Morgan fingerprint density at radius 2 is 1.96 bits per heavy atom. The fourth-order valence-corrected chi connectivity index (χ4v) is 3.81. The number of rotatable bonds is 6. The van der Waals surface area contributed by atoms with Gasteiger partial charge in [-0.05, 0) is 30.9 Å². The van der Waals surface area contributed by atoms with Crippen molar-refractivity contribution in [1.29, 1.82) is 0 Å². The zero-order valence-corrected chi connectivity index (χ0v) is 15.1. The Hall–Kier alpha value is -1.60. The molecule has 0 bridgehead atoms. The lowest BCUT2D eigenvalue weighted by Gasteiger charge is -2.28. The van der Waals surface area contributed by atoms with E-state index in [1.165, 1.54) is 25.3 Å². The molecule has 0 aliphatic heterocycles. The Balaban J connectivity index is 1.78. The second-order valence-corrected chi connectivity index (χ2v) is 8.30. The zero-order valence-electron chi connectivity index (χ0n) is 14.2. The first kappa shape index (κ1) is 18.7. The number of hydrogen-bond acceptors (Lipinski definition) is 4. The highest BCUT2D eigenvalue weighted by Crippen LogP contribution is 2.26. The van der Waals surface area contributed by atoms with Crippen molar-refractivity contribution in [3.63, 3.8) is 0 Å². The van der Waals surface area contributed by atoms with Crippen molar-refractivity contribution in [2.45, 2.75) is 43.6 Å². The number of para-hydroxylation sites is 1. The minimum absolute atomic E-state index is 0.104. The van der Waals surface area contributed by atoms with E-state index in [0.29, 0.717) is 19.1 Å². The summed E-state index contributed by atoms with van der Waals surface area (Å²) in [5, 5.41) is 5.27. The van der Waals surface area contributed by atoms with Crippen LogP contribution in [0.1, 0.15) is 32.6 Å². The number of ether oxygens (including phenoxy) is 1. The molecule has 134 valence electrons. The SMILES string of the molecule is C[C@H]1CCCC[C@@H]1OCCNC(=O)Nc1ccccc1S(C)(=O)=O. The van der Waals surface area contributed by atoms with E-state index >= 15 is 0 Å². The maximum absolute atomic E-state index is 11.9. The standard InChI is InChI=1S/C17H26N2O4S/c1-13-7-3-5-9-15(13)23-12-11-18-17(20)19-14-8-4-6-10-16(14)24(2,21)22/h4,6,8,10,13,15H,3,5,7,9,11-12H2,1-2H3,(H2,18,19,20)/t13-,15-/m0/s1. The number of hydrogen-bond donors (Lipinski definition) is 2. The van der Waals surface area contributed by atoms with E-state index < -0.39 is 15.9 Å². The number of urea groups is 1. The molecule has 0 heterocycles. The van der Waals surface area contributed by atoms with E-state index in [1.54, 1.807) is 18.2 Å². The lowest BCUT2D eigenvalue weighted by molar-refractivity contribution is -0.00232. The fraction of sp³-hybridized carbons (Fsp3) is 0.588. The first-order chi connectivity index (χ1) is 11.4. The van der Waals surface area contributed by atoms with E-state index in [0.717, 1.165) is 12.7 Å². The van der Waals surface area contributed by atoms with Crippen molar-refractivity contribution in [1.82, 2.24) is 5.32 Å². The van der Waals surface area contributed by atoms with Crippen molar-refractivity contribution in [3.8, 4) is 0 Å².